The average molecular weight is 128 g/mol. The third-order valence-corrected chi connectivity index (χ3v) is 0.348. The van der Waals surface area contributed by atoms with Gasteiger partial charge < -0.3 is 10.9 Å². The zero-order valence-corrected chi connectivity index (χ0v) is 4.66. The SMILES string of the molecule is Cl.NCCNNO. The third-order valence-electron chi connectivity index (χ3n) is 0.348. The summed E-state index contributed by atoms with van der Waals surface area (Å²) in [7, 11) is 0. The number of nitrogens with two attached hydrogens (primary N) is 1. The summed E-state index contributed by atoms with van der Waals surface area (Å²) >= 11 is 0. The van der Waals surface area contributed by atoms with E-state index >= 15 is 0 Å². The summed E-state index contributed by atoms with van der Waals surface area (Å²) in [4.78, 5) is 0. The summed E-state index contributed by atoms with van der Waals surface area (Å²) in [5.41, 5.74) is 9.12. The van der Waals surface area contributed by atoms with Crippen LogP contribution in [-0.2, 0) is 0 Å². The molecule has 0 aliphatic rings. The minimum absolute atomic E-state index is 0. The number of hydrogen-bond donors (Lipinski definition) is 4. The van der Waals surface area contributed by atoms with Crippen LogP contribution in [0.4, 0.5) is 0 Å². The van der Waals surface area contributed by atoms with Crippen LogP contribution in [0.15, 0.2) is 0 Å². The lowest BCUT2D eigenvalue weighted by Gasteiger charge is -1.93. The molecule has 0 rings (SSSR count). The van der Waals surface area contributed by atoms with Crippen LogP contribution in [0.25, 0.3) is 0 Å². The fraction of sp³-hybridized carbons (Fsp3) is 1.00. The second kappa shape index (κ2) is 9.46. The standard InChI is InChI=1S/C2H9N3O.ClH/c3-1-2-4-5-6;/h4-6H,1-3H2;1H. The average Bonchev–Trinajstić information content (AvgIpc) is 1.61. The summed E-state index contributed by atoms with van der Waals surface area (Å²) in [6.07, 6.45) is 0. The van der Waals surface area contributed by atoms with Gasteiger partial charge in [-0.1, -0.05) is 0 Å². The molecule has 0 spiro atoms. The van der Waals surface area contributed by atoms with Crippen LogP contribution >= 0.6 is 12.4 Å². The maximum Gasteiger partial charge on any atom is 0.0245 e. The Labute approximate surface area is 48.4 Å². The Morgan fingerprint density at radius 1 is 1.57 bits per heavy atom. The Balaban J connectivity index is 0. The van der Waals surface area contributed by atoms with Crippen molar-refractivity contribution in [2.24, 2.45) is 5.73 Å². The highest BCUT2D eigenvalue weighted by Gasteiger charge is 1.70. The van der Waals surface area contributed by atoms with Crippen molar-refractivity contribution in [1.82, 2.24) is 11.0 Å². The molecular formula is C2H10ClN3O. The van der Waals surface area contributed by atoms with Crippen LogP contribution in [-0.4, -0.2) is 18.3 Å². The lowest BCUT2D eigenvalue weighted by atomic mass is 10.7. The fourth-order valence-electron chi connectivity index (χ4n) is 0.128. The summed E-state index contributed by atoms with van der Waals surface area (Å²) < 4.78 is 0. The van der Waals surface area contributed by atoms with E-state index in [1.807, 2.05) is 0 Å². The van der Waals surface area contributed by atoms with Gasteiger partial charge in [0.2, 0.25) is 0 Å². The van der Waals surface area contributed by atoms with Crippen molar-refractivity contribution in [2.45, 2.75) is 0 Å². The quantitative estimate of drug-likeness (QED) is 0.286. The van der Waals surface area contributed by atoms with Gasteiger partial charge in [-0.25, -0.2) is 5.43 Å². The first-order chi connectivity index (χ1) is 2.91. The van der Waals surface area contributed by atoms with E-state index in [4.69, 9.17) is 10.9 Å². The van der Waals surface area contributed by atoms with Gasteiger partial charge in [0.1, 0.15) is 0 Å². The van der Waals surface area contributed by atoms with E-state index in [0.29, 0.717) is 13.1 Å². The van der Waals surface area contributed by atoms with Gasteiger partial charge in [0.25, 0.3) is 0 Å². The van der Waals surface area contributed by atoms with E-state index < -0.39 is 0 Å². The van der Waals surface area contributed by atoms with Crippen molar-refractivity contribution in [2.75, 3.05) is 13.1 Å². The Bertz CT molecular complexity index is 24.9. The first-order valence-corrected chi connectivity index (χ1v) is 1.74. The highest BCUT2D eigenvalue weighted by Crippen LogP contribution is 1.37. The highest BCUT2D eigenvalue weighted by molar-refractivity contribution is 5.85. The molecule has 0 aromatic heterocycles. The molecule has 0 unspecified atom stereocenters. The number of nitrogens with one attached hydrogen (secondary N) is 2. The highest BCUT2D eigenvalue weighted by atomic mass is 35.5. The second-order valence-electron chi connectivity index (χ2n) is 0.827. The molecule has 0 heterocycles. The van der Waals surface area contributed by atoms with Gasteiger partial charge >= 0.3 is 0 Å². The van der Waals surface area contributed by atoms with E-state index in [1.165, 1.54) is 0 Å². The molecule has 4 nitrogen and oxygen atoms in total. The molecule has 0 saturated heterocycles. The third kappa shape index (κ3) is 10.7. The van der Waals surface area contributed by atoms with E-state index in [9.17, 15) is 0 Å². The first kappa shape index (κ1) is 10.2. The normalized spacial score (nSPS) is 7.71. The number of rotatable bonds is 3. The smallest absolute Gasteiger partial charge is 0.0245 e. The van der Waals surface area contributed by atoms with Gasteiger partial charge in [0.05, 0.1) is 0 Å². The van der Waals surface area contributed by atoms with Gasteiger partial charge in [-0.2, -0.15) is 0 Å². The van der Waals surface area contributed by atoms with Crippen LogP contribution in [0.5, 0.6) is 0 Å². The maximum atomic E-state index is 7.78. The molecule has 0 atom stereocenters. The van der Waals surface area contributed by atoms with Gasteiger partial charge in [0.15, 0.2) is 0 Å². The van der Waals surface area contributed by atoms with Gasteiger partial charge in [-0.05, 0) is 0 Å². The second-order valence-corrected chi connectivity index (χ2v) is 0.827. The van der Waals surface area contributed by atoms with Crippen LogP contribution in [0, 0.1) is 0 Å². The molecule has 0 amide bonds. The molecule has 0 fully saturated rings. The molecule has 0 radical (unpaired) electrons. The summed E-state index contributed by atoms with van der Waals surface area (Å²) in [5.74, 6) is 0. The zero-order chi connectivity index (χ0) is 4.83. The van der Waals surface area contributed by atoms with Crippen LogP contribution in [0.2, 0.25) is 0 Å². The lowest BCUT2D eigenvalue weighted by Crippen LogP contribution is -2.32. The molecule has 7 heavy (non-hydrogen) atoms. The molecule has 0 aliphatic heterocycles. The Morgan fingerprint density at radius 2 is 2.14 bits per heavy atom. The van der Waals surface area contributed by atoms with Crippen molar-refractivity contribution in [3.05, 3.63) is 0 Å². The fourth-order valence-corrected chi connectivity index (χ4v) is 0.128. The van der Waals surface area contributed by atoms with Crippen molar-refractivity contribution < 1.29 is 5.21 Å². The van der Waals surface area contributed by atoms with Crippen molar-refractivity contribution in [3.63, 3.8) is 0 Å². The minimum Gasteiger partial charge on any atom is -0.329 e. The molecule has 0 saturated carbocycles. The van der Waals surface area contributed by atoms with Crippen molar-refractivity contribution in [1.29, 1.82) is 0 Å². The van der Waals surface area contributed by atoms with Gasteiger partial charge in [-0.15, -0.1) is 18.0 Å². The molecule has 0 bridgehead atoms. The molecule has 46 valence electrons. The van der Waals surface area contributed by atoms with Crippen LogP contribution < -0.4 is 16.7 Å². The Morgan fingerprint density at radius 3 is 2.29 bits per heavy atom. The van der Waals surface area contributed by atoms with Gasteiger partial charge in [-0.3, -0.25) is 0 Å². The van der Waals surface area contributed by atoms with Crippen molar-refractivity contribution >= 4 is 12.4 Å². The van der Waals surface area contributed by atoms with Gasteiger partial charge in [0, 0.05) is 13.1 Å². The number of hydrazine groups is 1. The minimum atomic E-state index is 0. The molecule has 0 aromatic carbocycles. The molecule has 5 N–H and O–H groups in total. The van der Waals surface area contributed by atoms with Crippen molar-refractivity contribution in [3.8, 4) is 0 Å². The maximum absolute atomic E-state index is 7.78. The predicted octanol–water partition coefficient (Wildman–Crippen LogP) is -1.15. The largest absolute Gasteiger partial charge is 0.329 e. The first-order valence-electron chi connectivity index (χ1n) is 1.74. The molecule has 0 aliphatic carbocycles. The molecule has 5 heteroatoms. The Hall–Kier alpha value is 0.130. The predicted molar refractivity (Wildman–Crippen MR) is 29.2 cm³/mol. The Kier molecular flexibility index (Phi) is 13.8. The monoisotopic (exact) mass is 127 g/mol. The lowest BCUT2D eigenvalue weighted by molar-refractivity contribution is 0.122. The zero-order valence-electron chi connectivity index (χ0n) is 3.85. The summed E-state index contributed by atoms with van der Waals surface area (Å²) in [6.45, 7) is 1.10. The van der Waals surface area contributed by atoms with E-state index in [1.54, 1.807) is 5.59 Å². The number of halogens is 1. The van der Waals surface area contributed by atoms with Crippen LogP contribution in [0.3, 0.4) is 0 Å². The van der Waals surface area contributed by atoms with E-state index in [-0.39, 0.29) is 12.4 Å². The number of hydrogen-bond acceptors (Lipinski definition) is 4. The summed E-state index contributed by atoms with van der Waals surface area (Å²) in [5, 5.41) is 7.78. The van der Waals surface area contributed by atoms with E-state index in [2.05, 4.69) is 5.43 Å². The topological polar surface area (TPSA) is 70.3 Å². The van der Waals surface area contributed by atoms with Crippen LogP contribution in [0.1, 0.15) is 0 Å². The molecular weight excluding hydrogens is 117 g/mol. The molecule has 0 aromatic rings. The summed E-state index contributed by atoms with van der Waals surface area (Å²) in [6, 6.07) is 0. The van der Waals surface area contributed by atoms with E-state index in [0.717, 1.165) is 0 Å².